The van der Waals surface area contributed by atoms with E-state index in [-0.39, 0.29) is 23.7 Å². The first-order valence-electron chi connectivity index (χ1n) is 14.4. The molecule has 1 fully saturated rings. The molecular weight excluding hydrogens is 527 g/mol. The lowest BCUT2D eigenvalue weighted by Crippen LogP contribution is -2.38. The van der Waals surface area contributed by atoms with Gasteiger partial charge in [-0.25, -0.2) is 9.37 Å². The Morgan fingerprint density at radius 3 is 2.52 bits per heavy atom. The van der Waals surface area contributed by atoms with Gasteiger partial charge in [0.2, 0.25) is 0 Å². The fourth-order valence-electron chi connectivity index (χ4n) is 6.28. The third-order valence-corrected chi connectivity index (χ3v) is 8.47. The van der Waals surface area contributed by atoms with Crippen molar-refractivity contribution in [1.29, 1.82) is 0 Å². The lowest BCUT2D eigenvalue weighted by Gasteiger charge is -2.32. The maximum absolute atomic E-state index is 13.9. The first kappa shape index (κ1) is 26.1. The molecule has 0 radical (unpaired) electrons. The number of nitrogens with zero attached hydrogens (tertiary/aromatic N) is 6. The molecule has 6 aromatic rings. The Labute approximate surface area is 243 Å². The average molecular weight is 559 g/mol. The molecule has 42 heavy (non-hydrogen) atoms. The maximum atomic E-state index is 13.9. The number of carbonyl (C=O) groups is 1. The van der Waals surface area contributed by atoms with Crippen LogP contribution in [0.25, 0.3) is 33.2 Å². The second-order valence-corrected chi connectivity index (χ2v) is 11.0. The number of piperidine rings is 1. The molecule has 3 aromatic carbocycles. The van der Waals surface area contributed by atoms with E-state index in [4.69, 9.17) is 4.98 Å². The highest BCUT2D eigenvalue weighted by atomic mass is 19.1. The Balaban J connectivity index is 1.13. The highest BCUT2D eigenvalue weighted by Gasteiger charge is 2.30. The number of fused-ring (bicyclic) bond motifs is 2. The van der Waals surface area contributed by atoms with Crippen LogP contribution in [0.3, 0.4) is 0 Å². The van der Waals surface area contributed by atoms with Crippen molar-refractivity contribution in [3.05, 3.63) is 114 Å². The molecule has 210 valence electrons. The number of para-hydroxylation sites is 2. The van der Waals surface area contributed by atoms with Crippen LogP contribution in [0.1, 0.15) is 53.6 Å². The molecule has 0 saturated carbocycles. The number of pyridine rings is 1. The number of amides is 1. The number of hydrogen-bond acceptors (Lipinski definition) is 4. The number of carbonyl (C=O) groups excluding carboxylic acids is 1. The minimum Gasteiger partial charge on any atom is -0.339 e. The molecule has 1 aliphatic rings. The molecule has 7 nitrogen and oxygen atoms in total. The van der Waals surface area contributed by atoms with Crippen molar-refractivity contribution in [3.63, 3.8) is 0 Å². The number of likely N-dealkylation sites (tertiary alicyclic amines) is 1. The molecule has 7 rings (SSSR count). The molecule has 3 aromatic heterocycles. The van der Waals surface area contributed by atoms with Gasteiger partial charge >= 0.3 is 0 Å². The van der Waals surface area contributed by atoms with E-state index in [0.717, 1.165) is 46.3 Å². The van der Waals surface area contributed by atoms with Crippen LogP contribution in [0.4, 0.5) is 4.39 Å². The summed E-state index contributed by atoms with van der Waals surface area (Å²) in [6.07, 6.45) is 3.50. The summed E-state index contributed by atoms with van der Waals surface area (Å²) >= 11 is 0. The van der Waals surface area contributed by atoms with Crippen LogP contribution >= 0.6 is 0 Å². The van der Waals surface area contributed by atoms with E-state index in [1.54, 1.807) is 10.7 Å². The van der Waals surface area contributed by atoms with Gasteiger partial charge in [-0.1, -0.05) is 30.3 Å². The molecule has 0 bridgehead atoms. The zero-order chi connectivity index (χ0) is 28.8. The molecule has 1 saturated heterocycles. The summed E-state index contributed by atoms with van der Waals surface area (Å²) in [6, 6.07) is 26.4. The van der Waals surface area contributed by atoms with Crippen molar-refractivity contribution >= 4 is 27.8 Å². The second kappa shape index (κ2) is 10.5. The van der Waals surface area contributed by atoms with E-state index in [1.807, 2.05) is 60.6 Å². The zero-order valence-corrected chi connectivity index (χ0v) is 23.6. The lowest BCUT2D eigenvalue weighted by atomic mass is 9.94. The van der Waals surface area contributed by atoms with Gasteiger partial charge in [0.25, 0.3) is 5.91 Å². The topological polar surface area (TPSA) is 68.8 Å². The molecule has 1 amide bonds. The lowest BCUT2D eigenvalue weighted by molar-refractivity contribution is 0.0710. The van der Waals surface area contributed by atoms with Crippen molar-refractivity contribution in [2.24, 2.45) is 7.05 Å². The summed E-state index contributed by atoms with van der Waals surface area (Å²) in [5, 5.41) is 5.52. The van der Waals surface area contributed by atoms with Crippen LogP contribution in [-0.4, -0.2) is 48.2 Å². The van der Waals surface area contributed by atoms with Crippen LogP contribution in [0, 0.1) is 5.82 Å². The predicted octanol–water partition coefficient (Wildman–Crippen LogP) is 6.75. The SMILES string of the molecule is CC(c1ccccn1)n1c(C2CCN(C(=O)c3ccc4c(-c5cccc(F)c5)nn(C)c4c3)CC2)nc2ccccc21. The van der Waals surface area contributed by atoms with E-state index < -0.39 is 0 Å². The number of hydrogen-bond donors (Lipinski definition) is 0. The Morgan fingerprint density at radius 2 is 1.74 bits per heavy atom. The quantitative estimate of drug-likeness (QED) is 0.235. The summed E-state index contributed by atoms with van der Waals surface area (Å²) in [5.74, 6) is 1.01. The summed E-state index contributed by atoms with van der Waals surface area (Å²) in [6.45, 7) is 3.48. The van der Waals surface area contributed by atoms with Crippen molar-refractivity contribution in [3.8, 4) is 11.3 Å². The molecule has 8 heteroatoms. The number of aromatic nitrogens is 5. The van der Waals surface area contributed by atoms with Crippen molar-refractivity contribution < 1.29 is 9.18 Å². The van der Waals surface area contributed by atoms with Gasteiger partial charge in [-0.05, 0) is 74.4 Å². The van der Waals surface area contributed by atoms with E-state index in [2.05, 4.69) is 45.8 Å². The molecule has 0 spiro atoms. The predicted molar refractivity (Wildman–Crippen MR) is 162 cm³/mol. The average Bonchev–Trinajstić information content (AvgIpc) is 3.58. The molecule has 1 aliphatic heterocycles. The van der Waals surface area contributed by atoms with Gasteiger partial charge in [0, 0.05) is 48.8 Å². The standard InChI is InChI=1S/C34H31FN6O/c1-22(28-10-5-6-17-36-28)41-30-12-4-3-11-29(30)37-33(41)23-15-18-40(19-16-23)34(42)25-13-14-27-31(21-25)39(2)38-32(27)24-8-7-9-26(35)20-24/h3-14,17,20-23H,15-16,18-19H2,1-2H3. The van der Waals surface area contributed by atoms with Crippen LogP contribution in [0.2, 0.25) is 0 Å². The molecule has 1 atom stereocenters. The third-order valence-electron chi connectivity index (χ3n) is 8.47. The van der Waals surface area contributed by atoms with Crippen LogP contribution < -0.4 is 0 Å². The fraction of sp³-hybridized carbons (Fsp3) is 0.235. The Hall–Kier alpha value is -4.85. The third kappa shape index (κ3) is 4.53. The van der Waals surface area contributed by atoms with E-state index in [9.17, 15) is 9.18 Å². The Bertz CT molecular complexity index is 1920. The number of aryl methyl sites for hydroxylation is 1. The van der Waals surface area contributed by atoms with Crippen molar-refractivity contribution in [2.45, 2.75) is 31.7 Å². The first-order chi connectivity index (χ1) is 20.5. The molecule has 1 unspecified atom stereocenters. The Morgan fingerprint density at radius 1 is 0.929 bits per heavy atom. The molecular formula is C34H31FN6O. The van der Waals surface area contributed by atoms with Crippen LogP contribution in [0.15, 0.2) is 91.1 Å². The normalized spacial score (nSPS) is 15.0. The van der Waals surface area contributed by atoms with Gasteiger partial charge in [0.05, 0.1) is 28.3 Å². The number of rotatable bonds is 5. The van der Waals surface area contributed by atoms with E-state index in [1.165, 1.54) is 12.1 Å². The summed E-state index contributed by atoms with van der Waals surface area (Å²) in [7, 11) is 1.85. The van der Waals surface area contributed by atoms with Gasteiger partial charge in [-0.15, -0.1) is 0 Å². The molecule has 0 N–H and O–H groups in total. The van der Waals surface area contributed by atoms with Gasteiger partial charge in [-0.2, -0.15) is 5.10 Å². The van der Waals surface area contributed by atoms with E-state index >= 15 is 0 Å². The van der Waals surface area contributed by atoms with Crippen molar-refractivity contribution in [2.75, 3.05) is 13.1 Å². The largest absolute Gasteiger partial charge is 0.339 e. The monoisotopic (exact) mass is 558 g/mol. The van der Waals surface area contributed by atoms with Gasteiger partial charge in [0.1, 0.15) is 17.3 Å². The summed E-state index contributed by atoms with van der Waals surface area (Å²) in [4.78, 5) is 25.3. The first-order valence-corrected chi connectivity index (χ1v) is 14.4. The highest BCUT2D eigenvalue weighted by Crippen LogP contribution is 2.35. The summed E-state index contributed by atoms with van der Waals surface area (Å²) in [5.41, 5.74) is 5.97. The molecule has 4 heterocycles. The smallest absolute Gasteiger partial charge is 0.253 e. The zero-order valence-electron chi connectivity index (χ0n) is 23.6. The van der Waals surface area contributed by atoms with E-state index in [0.29, 0.717) is 29.9 Å². The van der Waals surface area contributed by atoms with Crippen molar-refractivity contribution in [1.82, 2.24) is 29.2 Å². The van der Waals surface area contributed by atoms with Gasteiger partial charge < -0.3 is 9.47 Å². The second-order valence-electron chi connectivity index (χ2n) is 11.0. The highest BCUT2D eigenvalue weighted by molar-refractivity contribution is 6.01. The maximum Gasteiger partial charge on any atom is 0.253 e. The number of benzene rings is 3. The van der Waals surface area contributed by atoms with Gasteiger partial charge in [0.15, 0.2) is 0 Å². The number of halogens is 1. The summed E-state index contributed by atoms with van der Waals surface area (Å²) < 4.78 is 18.0. The minimum atomic E-state index is -0.303. The molecule has 0 aliphatic carbocycles. The number of imidazole rings is 1. The van der Waals surface area contributed by atoms with Crippen LogP contribution in [0.5, 0.6) is 0 Å². The fourth-order valence-corrected chi connectivity index (χ4v) is 6.28. The van der Waals surface area contributed by atoms with Gasteiger partial charge in [-0.3, -0.25) is 14.5 Å². The minimum absolute atomic E-state index is 0.0132. The van der Waals surface area contributed by atoms with Crippen LogP contribution in [-0.2, 0) is 7.05 Å². The Kier molecular flexibility index (Phi) is 6.53.